The fraction of sp³-hybridized carbons (Fsp3) is 0.339. The molecule has 0 radical (unpaired) electrons. The molecule has 14 heteroatoms. The van der Waals surface area contributed by atoms with E-state index in [1.54, 1.807) is 0 Å². The van der Waals surface area contributed by atoms with Gasteiger partial charge in [-0.2, -0.15) is 0 Å². The van der Waals surface area contributed by atoms with E-state index in [0.29, 0.717) is 55.5 Å². The molecule has 0 saturated heterocycles. The molecule has 0 heterocycles. The van der Waals surface area contributed by atoms with Crippen LogP contribution in [0.3, 0.4) is 0 Å². The van der Waals surface area contributed by atoms with Crippen molar-refractivity contribution in [2.24, 2.45) is 0 Å². The Hall–Kier alpha value is -4.63. The van der Waals surface area contributed by atoms with Crippen molar-refractivity contribution in [1.82, 2.24) is 15.4 Å². The van der Waals surface area contributed by atoms with Gasteiger partial charge in [0.2, 0.25) is 10.0 Å². The van der Waals surface area contributed by atoms with E-state index in [1.807, 2.05) is 181 Å². The minimum absolute atomic E-state index is 0. The third kappa shape index (κ3) is 19.4. The molecule has 10 nitrogen and oxygen atoms in total. The molecule has 0 aliphatic heterocycles. The average molecular weight is 1180 g/mol. The van der Waals surface area contributed by atoms with E-state index in [4.69, 9.17) is 9.47 Å². The molecule has 7 rings (SSSR count). The summed E-state index contributed by atoms with van der Waals surface area (Å²) >= 11 is 1.82. The van der Waals surface area contributed by atoms with Crippen LogP contribution >= 0.6 is 9.69 Å². The molecule has 0 amide bonds. The number of nitrogens with zero attached hydrogens (tertiary/aromatic N) is 1. The van der Waals surface area contributed by atoms with Crippen LogP contribution in [-0.4, -0.2) is 55.8 Å². The number of nitrogens with one attached hydrogen (secondary N) is 3. The number of rotatable bonds is 23. The standard InChI is InChI=1S/C33H37N2O3S.C28H38N2O3S.CH3.ClH.Ru/c1-24-15-17-28(18-16-24)23-38-20-19-34-31(29-11-7-5-8-12-29)32(30-13-9-6-10-14-30)35-39(36,37)33-26(3)21-25(2)22-27(33)4;1-20-11-13-25(14-12-20)19-33-16-15-29-27(26-9-7-6-8-10-26)24(5)30-34(31,32)28-22(3)17-21(2)18-23(28)4;;;/h5-18,21-22,31-32,34H,19-20,23H2,1-4H3;6-11,14,17-18,24,27,29-30H,12-13,15-16,19H2,1-5H3;1H3;1H;/q-1;;-1;;+4/p-1/t31-,32-;24-,27+;;;/m11.../s1. The molecule has 0 fully saturated rings. The van der Waals surface area contributed by atoms with Gasteiger partial charge in [0.25, 0.3) is 0 Å². The molecule has 0 unspecified atom stereocenters. The third-order valence-electron chi connectivity index (χ3n) is 12.9. The normalized spacial score (nSPS) is 14.0. The van der Waals surface area contributed by atoms with E-state index in [0.717, 1.165) is 57.3 Å². The first kappa shape index (κ1) is 63.9. The average Bonchev–Trinajstić information content (AvgIpc) is 3.37. The first-order valence-corrected chi connectivity index (χ1v) is 30.5. The van der Waals surface area contributed by atoms with E-state index in [2.05, 4.69) is 80.0 Å². The molecule has 0 aromatic heterocycles. The number of ether oxygens (including phenoxy) is 2. The van der Waals surface area contributed by atoms with Gasteiger partial charge in [-0.3, -0.25) is 0 Å². The fourth-order valence-corrected chi connectivity index (χ4v) is 12.9. The summed E-state index contributed by atoms with van der Waals surface area (Å²) in [6, 6.07) is 43.8. The van der Waals surface area contributed by atoms with Crippen molar-refractivity contribution in [3.8, 4) is 0 Å². The van der Waals surface area contributed by atoms with Crippen molar-refractivity contribution in [1.29, 1.82) is 0 Å². The van der Waals surface area contributed by atoms with E-state index in [1.165, 1.54) is 16.7 Å². The SMILES string of the molecule is CC1=CCC(COCCN[C@H](c2ccccc2)[C@@H](C)NS(=O)(=O)c2c(C)cc(C)cc2C)=CC1.Cc1ccc(COCCN[C@H](c2ccccc2)[C@H]([N-]S(=O)(=O)c2c(C)cc(C)cc2C)c2ccccc2)cc1.[CH3-].[Cl][Ru+3]. The Bertz CT molecular complexity index is 2970. The molecular formula is C62H78ClN4O6RuS2+. The Kier molecular flexibility index (Phi) is 26.6. The van der Waals surface area contributed by atoms with Gasteiger partial charge in [0.15, 0.2) is 0 Å². The number of hydrogen-bond acceptors (Lipinski definition) is 8. The van der Waals surface area contributed by atoms with Gasteiger partial charge in [-0.1, -0.05) is 186 Å². The Morgan fingerprint density at radius 3 is 1.49 bits per heavy atom. The molecule has 6 aromatic rings. The molecule has 0 saturated carbocycles. The zero-order valence-corrected chi connectivity index (χ0v) is 50.0. The van der Waals surface area contributed by atoms with Crippen LogP contribution < -0.4 is 15.4 Å². The minimum atomic E-state index is -3.96. The zero-order valence-electron chi connectivity index (χ0n) is 45.8. The second-order valence-corrected chi connectivity index (χ2v) is 22.6. The number of aryl methyl sites for hydroxylation is 7. The summed E-state index contributed by atoms with van der Waals surface area (Å²) in [7, 11) is -3.07. The Morgan fingerprint density at radius 2 is 1.00 bits per heavy atom. The monoisotopic (exact) mass is 1180 g/mol. The molecule has 3 N–H and O–H groups in total. The Balaban J connectivity index is 0.000000317. The molecule has 4 atom stereocenters. The molecular weight excluding hydrogens is 1100 g/mol. The van der Waals surface area contributed by atoms with Crippen LogP contribution in [0.5, 0.6) is 0 Å². The number of benzene rings is 6. The fourth-order valence-electron chi connectivity index (χ4n) is 9.56. The number of allylic oxidation sites excluding steroid dienone is 3. The van der Waals surface area contributed by atoms with Crippen molar-refractivity contribution in [3.05, 3.63) is 236 Å². The van der Waals surface area contributed by atoms with Crippen LogP contribution in [0.2, 0.25) is 0 Å². The molecule has 76 heavy (non-hydrogen) atoms. The first-order valence-electron chi connectivity index (χ1n) is 25.4. The summed E-state index contributed by atoms with van der Waals surface area (Å²) in [5, 5.41) is 7.07. The van der Waals surface area contributed by atoms with E-state index in [9.17, 15) is 16.8 Å². The predicted octanol–water partition coefficient (Wildman–Crippen LogP) is 13.7. The molecule has 408 valence electrons. The van der Waals surface area contributed by atoms with E-state index < -0.39 is 26.1 Å². The van der Waals surface area contributed by atoms with Gasteiger partial charge in [0.05, 0.1) is 36.2 Å². The summed E-state index contributed by atoms with van der Waals surface area (Å²) in [6.07, 6.45) is 6.47. The summed E-state index contributed by atoms with van der Waals surface area (Å²) in [6.45, 7) is 20.8. The van der Waals surface area contributed by atoms with Gasteiger partial charge in [0, 0.05) is 31.2 Å². The van der Waals surface area contributed by atoms with Crippen LogP contribution in [0, 0.1) is 55.9 Å². The molecule has 1 aliphatic carbocycles. The van der Waals surface area contributed by atoms with Gasteiger partial charge in [-0.05, 0) is 120 Å². The van der Waals surface area contributed by atoms with Gasteiger partial charge in [-0.15, -0.1) is 0 Å². The summed E-state index contributed by atoms with van der Waals surface area (Å²) in [5.74, 6) is 0. The van der Waals surface area contributed by atoms with Crippen LogP contribution in [0.25, 0.3) is 4.72 Å². The van der Waals surface area contributed by atoms with Crippen molar-refractivity contribution in [2.45, 2.75) is 116 Å². The quantitative estimate of drug-likeness (QED) is 0.0250. The zero-order chi connectivity index (χ0) is 54.5. The third-order valence-corrected chi connectivity index (χ3v) is 16.5. The molecule has 0 spiro atoms. The first-order chi connectivity index (χ1) is 35.9. The number of sulfonamides is 2. The Morgan fingerprint density at radius 1 is 0.553 bits per heavy atom. The second kappa shape index (κ2) is 31.7. The topological polar surface area (TPSA) is 137 Å². The van der Waals surface area contributed by atoms with Crippen molar-refractivity contribution >= 4 is 29.7 Å². The van der Waals surface area contributed by atoms with Gasteiger partial charge in [-0.25, -0.2) is 21.6 Å². The van der Waals surface area contributed by atoms with Crippen LogP contribution in [0.1, 0.15) is 106 Å². The summed E-state index contributed by atoms with van der Waals surface area (Å²) in [4.78, 5) is 0.646. The van der Waals surface area contributed by atoms with Gasteiger partial charge < -0.3 is 32.3 Å². The van der Waals surface area contributed by atoms with Crippen LogP contribution in [-0.2, 0) is 53.4 Å². The number of halogens is 1. The van der Waals surface area contributed by atoms with Crippen molar-refractivity contribution in [3.63, 3.8) is 0 Å². The van der Waals surface area contributed by atoms with Crippen LogP contribution in [0.15, 0.2) is 173 Å². The summed E-state index contributed by atoms with van der Waals surface area (Å²) in [5.41, 5.74) is 12.9. The van der Waals surface area contributed by atoms with Crippen molar-refractivity contribution < 1.29 is 43.6 Å². The van der Waals surface area contributed by atoms with E-state index >= 15 is 0 Å². The molecule has 6 aromatic carbocycles. The Labute approximate surface area is 470 Å². The van der Waals surface area contributed by atoms with Gasteiger partial charge >= 0.3 is 27.0 Å². The maximum absolute atomic E-state index is 13.8. The molecule has 1 aliphatic rings. The van der Waals surface area contributed by atoms with E-state index in [-0.39, 0.29) is 30.4 Å². The van der Waals surface area contributed by atoms with Crippen LogP contribution in [0.4, 0.5) is 0 Å². The number of hydrogen-bond donors (Lipinski definition) is 3. The maximum atomic E-state index is 13.8. The predicted molar refractivity (Wildman–Crippen MR) is 310 cm³/mol. The molecule has 0 bridgehead atoms. The van der Waals surface area contributed by atoms with Gasteiger partial charge in [0.1, 0.15) is 10.0 Å². The second-order valence-electron chi connectivity index (χ2n) is 19.4. The summed E-state index contributed by atoms with van der Waals surface area (Å²) < 4.78 is 73.7. The van der Waals surface area contributed by atoms with Crippen molar-refractivity contribution in [2.75, 3.05) is 32.9 Å².